The molecule has 2 rings (SSSR count). The molecule has 0 aromatic heterocycles. The van der Waals surface area contributed by atoms with Crippen LogP contribution in [0.5, 0.6) is 5.75 Å². The van der Waals surface area contributed by atoms with Crippen LogP contribution in [-0.4, -0.2) is 30.1 Å². The van der Waals surface area contributed by atoms with Crippen LogP contribution in [0.25, 0.3) is 0 Å². The molecular weight excluding hydrogens is 258 g/mol. The average molecular weight is 277 g/mol. The van der Waals surface area contributed by atoms with Crippen molar-refractivity contribution in [2.75, 3.05) is 7.11 Å². The van der Waals surface area contributed by atoms with Crippen LogP contribution in [0.4, 0.5) is 0 Å². The first kappa shape index (κ1) is 14.4. The van der Waals surface area contributed by atoms with Crippen molar-refractivity contribution in [3.8, 4) is 5.75 Å². The van der Waals surface area contributed by atoms with Gasteiger partial charge in [-0.05, 0) is 25.3 Å². The molecule has 2 N–H and O–H groups in total. The molecule has 1 fully saturated rings. The lowest BCUT2D eigenvalue weighted by Gasteiger charge is -2.13. The molecule has 0 spiro atoms. The highest BCUT2D eigenvalue weighted by atomic mass is 16.5. The Morgan fingerprint density at radius 2 is 2.10 bits per heavy atom. The van der Waals surface area contributed by atoms with E-state index in [9.17, 15) is 9.59 Å². The second-order valence-corrected chi connectivity index (χ2v) is 5.10. The third kappa shape index (κ3) is 3.50. The highest BCUT2D eigenvalue weighted by Crippen LogP contribution is 2.26. The number of amides is 1. The molecule has 2 unspecified atom stereocenters. The number of ether oxygens (including phenoxy) is 1. The molecule has 1 aromatic rings. The van der Waals surface area contributed by atoms with Crippen molar-refractivity contribution in [1.82, 2.24) is 5.32 Å². The fourth-order valence-corrected chi connectivity index (χ4v) is 2.64. The Bertz CT molecular complexity index is 500. The van der Waals surface area contributed by atoms with Crippen LogP contribution < -0.4 is 10.1 Å². The highest BCUT2D eigenvalue weighted by molar-refractivity contribution is 5.80. The molecule has 0 aliphatic heterocycles. The van der Waals surface area contributed by atoms with Crippen molar-refractivity contribution in [1.29, 1.82) is 0 Å². The van der Waals surface area contributed by atoms with Gasteiger partial charge in [-0.2, -0.15) is 0 Å². The summed E-state index contributed by atoms with van der Waals surface area (Å²) in [6, 6.07) is 7.36. The summed E-state index contributed by atoms with van der Waals surface area (Å²) in [6.45, 7) is 0. The number of aliphatic carboxylic acids is 1. The first-order chi connectivity index (χ1) is 9.60. The average Bonchev–Trinajstić information content (AvgIpc) is 2.88. The molecule has 20 heavy (non-hydrogen) atoms. The number of rotatable bonds is 5. The molecule has 0 heterocycles. The Morgan fingerprint density at radius 1 is 1.35 bits per heavy atom. The van der Waals surface area contributed by atoms with Crippen LogP contribution in [0.3, 0.4) is 0 Å². The van der Waals surface area contributed by atoms with E-state index in [2.05, 4.69) is 5.32 Å². The van der Waals surface area contributed by atoms with Crippen molar-refractivity contribution in [2.24, 2.45) is 5.92 Å². The molecule has 1 aromatic carbocycles. The van der Waals surface area contributed by atoms with Gasteiger partial charge in [-0.15, -0.1) is 0 Å². The minimum absolute atomic E-state index is 0.0293. The molecule has 0 radical (unpaired) electrons. The number of methoxy groups -OCH3 is 1. The van der Waals surface area contributed by atoms with E-state index in [1.165, 1.54) is 0 Å². The van der Waals surface area contributed by atoms with Gasteiger partial charge in [-0.3, -0.25) is 9.59 Å². The normalized spacial score (nSPS) is 21.4. The van der Waals surface area contributed by atoms with E-state index in [-0.39, 0.29) is 24.3 Å². The first-order valence-corrected chi connectivity index (χ1v) is 6.74. The minimum atomic E-state index is -0.772. The van der Waals surface area contributed by atoms with Crippen molar-refractivity contribution in [3.63, 3.8) is 0 Å². The molecule has 1 aliphatic carbocycles. The number of carbonyl (C=O) groups is 2. The zero-order valence-corrected chi connectivity index (χ0v) is 11.5. The van der Waals surface area contributed by atoms with Gasteiger partial charge in [0.25, 0.3) is 0 Å². The third-order valence-corrected chi connectivity index (χ3v) is 3.69. The maximum Gasteiger partial charge on any atom is 0.306 e. The van der Waals surface area contributed by atoms with Gasteiger partial charge in [0, 0.05) is 11.6 Å². The summed E-state index contributed by atoms with van der Waals surface area (Å²) in [5, 5.41) is 11.8. The lowest BCUT2D eigenvalue weighted by Crippen LogP contribution is -2.34. The second-order valence-electron chi connectivity index (χ2n) is 5.10. The van der Waals surface area contributed by atoms with Crippen LogP contribution in [0, 0.1) is 5.92 Å². The van der Waals surface area contributed by atoms with Gasteiger partial charge in [-0.1, -0.05) is 18.2 Å². The van der Waals surface area contributed by atoms with E-state index < -0.39 is 5.97 Å². The molecule has 1 aliphatic rings. The molecule has 108 valence electrons. The SMILES string of the molecule is COc1ccccc1CC(=O)NC1CCC(C(=O)O)C1. The second kappa shape index (κ2) is 6.41. The van der Waals surface area contributed by atoms with Crippen LogP contribution in [0.15, 0.2) is 24.3 Å². The largest absolute Gasteiger partial charge is 0.496 e. The topological polar surface area (TPSA) is 75.6 Å². The number of carbonyl (C=O) groups excluding carboxylic acids is 1. The molecular formula is C15H19NO4. The standard InChI is InChI=1S/C15H19NO4/c1-20-13-5-3-2-4-10(13)9-14(17)16-12-7-6-11(8-12)15(18)19/h2-5,11-12H,6-9H2,1H3,(H,16,17)(H,18,19). The Morgan fingerprint density at radius 3 is 2.75 bits per heavy atom. The van der Waals surface area contributed by atoms with E-state index in [1.54, 1.807) is 7.11 Å². The van der Waals surface area contributed by atoms with Gasteiger partial charge in [0.1, 0.15) is 5.75 Å². The van der Waals surface area contributed by atoms with E-state index in [0.717, 1.165) is 12.0 Å². The Hall–Kier alpha value is -2.04. The molecule has 5 heteroatoms. The first-order valence-electron chi connectivity index (χ1n) is 6.74. The number of hydrogen-bond donors (Lipinski definition) is 2. The molecule has 0 bridgehead atoms. The molecule has 1 amide bonds. The summed E-state index contributed by atoms with van der Waals surface area (Å²) >= 11 is 0. The lowest BCUT2D eigenvalue weighted by molar-refractivity contribution is -0.141. The highest BCUT2D eigenvalue weighted by Gasteiger charge is 2.30. The van der Waals surface area contributed by atoms with Gasteiger partial charge in [0.05, 0.1) is 19.4 Å². The number of carboxylic acids is 1. The summed E-state index contributed by atoms with van der Waals surface area (Å²) in [5.74, 6) is -0.499. The molecule has 0 saturated heterocycles. The number of carboxylic acid groups (broad SMARTS) is 1. The minimum Gasteiger partial charge on any atom is -0.496 e. The van der Waals surface area contributed by atoms with E-state index in [1.807, 2.05) is 24.3 Å². The predicted octanol–water partition coefficient (Wildman–Crippen LogP) is 1.61. The van der Waals surface area contributed by atoms with Crippen molar-refractivity contribution in [2.45, 2.75) is 31.7 Å². The zero-order valence-electron chi connectivity index (χ0n) is 11.5. The van der Waals surface area contributed by atoms with Gasteiger partial charge in [0.15, 0.2) is 0 Å². The third-order valence-electron chi connectivity index (χ3n) is 3.69. The molecule has 2 atom stereocenters. The fraction of sp³-hybridized carbons (Fsp3) is 0.467. The monoisotopic (exact) mass is 277 g/mol. The fourth-order valence-electron chi connectivity index (χ4n) is 2.64. The summed E-state index contributed by atoms with van der Waals surface area (Å²) < 4.78 is 5.21. The number of benzene rings is 1. The van der Waals surface area contributed by atoms with Crippen LogP contribution in [-0.2, 0) is 16.0 Å². The van der Waals surface area contributed by atoms with Crippen LogP contribution in [0.1, 0.15) is 24.8 Å². The quantitative estimate of drug-likeness (QED) is 0.857. The van der Waals surface area contributed by atoms with Gasteiger partial charge >= 0.3 is 5.97 Å². The maximum atomic E-state index is 12.0. The molecule has 1 saturated carbocycles. The summed E-state index contributed by atoms with van der Waals surface area (Å²) in [6.07, 6.45) is 2.13. The Labute approximate surface area is 117 Å². The molecule has 5 nitrogen and oxygen atoms in total. The Kier molecular flexibility index (Phi) is 4.61. The van der Waals surface area contributed by atoms with E-state index in [0.29, 0.717) is 18.6 Å². The van der Waals surface area contributed by atoms with Crippen molar-refractivity contribution < 1.29 is 19.4 Å². The smallest absolute Gasteiger partial charge is 0.306 e. The number of para-hydroxylation sites is 1. The van der Waals surface area contributed by atoms with Gasteiger partial charge in [0.2, 0.25) is 5.91 Å². The summed E-state index contributed by atoms with van der Waals surface area (Å²) in [4.78, 5) is 22.9. The van der Waals surface area contributed by atoms with Gasteiger partial charge < -0.3 is 15.2 Å². The van der Waals surface area contributed by atoms with Gasteiger partial charge in [-0.25, -0.2) is 0 Å². The number of hydrogen-bond acceptors (Lipinski definition) is 3. The summed E-state index contributed by atoms with van der Waals surface area (Å²) in [7, 11) is 1.57. The zero-order chi connectivity index (χ0) is 14.5. The van der Waals surface area contributed by atoms with E-state index in [4.69, 9.17) is 9.84 Å². The number of nitrogens with one attached hydrogen (secondary N) is 1. The summed E-state index contributed by atoms with van der Waals surface area (Å²) in [5.41, 5.74) is 0.834. The Balaban J connectivity index is 1.89. The van der Waals surface area contributed by atoms with Crippen molar-refractivity contribution >= 4 is 11.9 Å². The lowest BCUT2D eigenvalue weighted by atomic mass is 10.1. The van der Waals surface area contributed by atoms with E-state index >= 15 is 0 Å². The van der Waals surface area contributed by atoms with Crippen LogP contribution >= 0.6 is 0 Å². The van der Waals surface area contributed by atoms with Crippen molar-refractivity contribution in [3.05, 3.63) is 29.8 Å². The predicted molar refractivity (Wildman–Crippen MR) is 73.6 cm³/mol. The maximum absolute atomic E-state index is 12.0. The van der Waals surface area contributed by atoms with Crippen LogP contribution in [0.2, 0.25) is 0 Å².